The number of ether oxygens (including phenoxy) is 4. The van der Waals surface area contributed by atoms with Gasteiger partial charge in [0.25, 0.3) is 0 Å². The minimum atomic E-state index is -0.301. The smallest absolute Gasteiger partial charge is 0.185 e. The zero-order chi connectivity index (χ0) is 11.0. The van der Waals surface area contributed by atoms with Crippen molar-refractivity contribution in [1.29, 1.82) is 0 Å². The first-order valence-corrected chi connectivity index (χ1v) is 5.96. The zero-order valence-electron chi connectivity index (χ0n) is 8.57. The molecule has 0 N–H and O–H groups in total. The topological polar surface area (TPSA) is 36.9 Å². The molecule has 3 rings (SSSR count). The van der Waals surface area contributed by atoms with Gasteiger partial charge in [-0.1, -0.05) is 15.9 Å². The number of benzene rings is 1. The van der Waals surface area contributed by atoms with E-state index in [9.17, 15) is 0 Å². The van der Waals surface area contributed by atoms with Crippen LogP contribution in [0.1, 0.15) is 11.9 Å². The van der Waals surface area contributed by atoms with Gasteiger partial charge in [-0.05, 0) is 12.1 Å². The average Bonchev–Trinajstić information content (AvgIpc) is 2.81. The molecule has 0 aromatic heterocycles. The number of hydrogen-bond donors (Lipinski definition) is 0. The number of rotatable bonds is 1. The van der Waals surface area contributed by atoms with Gasteiger partial charge in [0.05, 0.1) is 13.2 Å². The monoisotopic (exact) mass is 286 g/mol. The first-order chi connectivity index (χ1) is 7.84. The van der Waals surface area contributed by atoms with Gasteiger partial charge in [0, 0.05) is 10.0 Å². The van der Waals surface area contributed by atoms with Crippen LogP contribution in [0.25, 0.3) is 0 Å². The Balaban J connectivity index is 1.98. The van der Waals surface area contributed by atoms with E-state index in [0.29, 0.717) is 26.4 Å². The standard InChI is InChI=1S/C11H11BrO4/c12-8-6-10-9(13-1-2-14-10)5-7(8)11-15-3-4-16-11/h5-6,11H,1-4H2. The van der Waals surface area contributed by atoms with E-state index < -0.39 is 0 Å². The number of fused-ring (bicyclic) bond motifs is 1. The molecule has 2 heterocycles. The highest BCUT2D eigenvalue weighted by Gasteiger charge is 2.24. The number of halogens is 1. The molecule has 0 radical (unpaired) electrons. The lowest BCUT2D eigenvalue weighted by atomic mass is 10.2. The molecule has 4 nitrogen and oxygen atoms in total. The van der Waals surface area contributed by atoms with Crippen molar-refractivity contribution in [2.75, 3.05) is 26.4 Å². The summed E-state index contributed by atoms with van der Waals surface area (Å²) in [6, 6.07) is 3.81. The highest BCUT2D eigenvalue weighted by atomic mass is 79.9. The first-order valence-electron chi connectivity index (χ1n) is 5.17. The van der Waals surface area contributed by atoms with Crippen LogP contribution in [0.2, 0.25) is 0 Å². The van der Waals surface area contributed by atoms with Gasteiger partial charge in [-0.3, -0.25) is 0 Å². The zero-order valence-corrected chi connectivity index (χ0v) is 10.2. The Morgan fingerprint density at radius 3 is 2.25 bits per heavy atom. The van der Waals surface area contributed by atoms with E-state index in [1.165, 1.54) is 0 Å². The minimum absolute atomic E-state index is 0.301. The van der Waals surface area contributed by atoms with E-state index in [1.54, 1.807) is 0 Å². The molecule has 1 saturated heterocycles. The third-order valence-corrected chi connectivity index (χ3v) is 3.22. The van der Waals surface area contributed by atoms with Crippen molar-refractivity contribution in [2.24, 2.45) is 0 Å². The van der Waals surface area contributed by atoms with Crippen LogP contribution in [-0.4, -0.2) is 26.4 Å². The maximum absolute atomic E-state index is 5.52. The summed E-state index contributed by atoms with van der Waals surface area (Å²) >= 11 is 3.49. The van der Waals surface area contributed by atoms with Crippen LogP contribution in [0.4, 0.5) is 0 Å². The normalized spacial score (nSPS) is 20.1. The van der Waals surface area contributed by atoms with Gasteiger partial charge in [-0.2, -0.15) is 0 Å². The van der Waals surface area contributed by atoms with Crippen molar-refractivity contribution < 1.29 is 18.9 Å². The van der Waals surface area contributed by atoms with E-state index in [2.05, 4.69) is 15.9 Å². The highest BCUT2D eigenvalue weighted by Crippen LogP contribution is 2.39. The molecule has 2 aliphatic heterocycles. The van der Waals surface area contributed by atoms with Crippen molar-refractivity contribution in [3.63, 3.8) is 0 Å². The third-order valence-electron chi connectivity index (χ3n) is 2.54. The molecule has 1 fully saturated rings. The van der Waals surface area contributed by atoms with E-state index in [4.69, 9.17) is 18.9 Å². The molecule has 1 aromatic carbocycles. The molecule has 1 aromatic rings. The van der Waals surface area contributed by atoms with Crippen molar-refractivity contribution in [2.45, 2.75) is 6.29 Å². The maximum Gasteiger partial charge on any atom is 0.185 e. The summed E-state index contributed by atoms with van der Waals surface area (Å²) in [5.41, 5.74) is 0.946. The molecule has 0 atom stereocenters. The molecule has 0 amide bonds. The summed E-state index contributed by atoms with van der Waals surface area (Å²) in [7, 11) is 0. The fourth-order valence-electron chi connectivity index (χ4n) is 1.80. The van der Waals surface area contributed by atoms with Crippen LogP contribution in [0.5, 0.6) is 11.5 Å². The molecule has 0 spiro atoms. The summed E-state index contributed by atoms with van der Waals surface area (Å²) in [6.07, 6.45) is -0.301. The molecule has 16 heavy (non-hydrogen) atoms. The third kappa shape index (κ3) is 1.79. The molecular weight excluding hydrogens is 276 g/mol. The first kappa shape index (κ1) is 10.4. The van der Waals surface area contributed by atoms with Gasteiger partial charge in [-0.15, -0.1) is 0 Å². The second kappa shape index (κ2) is 4.24. The van der Waals surface area contributed by atoms with Crippen LogP contribution >= 0.6 is 15.9 Å². The second-order valence-electron chi connectivity index (χ2n) is 3.59. The van der Waals surface area contributed by atoms with Crippen LogP contribution in [0, 0.1) is 0 Å². The van der Waals surface area contributed by atoms with Crippen LogP contribution in [0.3, 0.4) is 0 Å². The fraction of sp³-hybridized carbons (Fsp3) is 0.455. The maximum atomic E-state index is 5.52. The molecular formula is C11H11BrO4. The SMILES string of the molecule is Brc1cc2c(cc1C1OCCO1)OCCO2. The Bertz CT molecular complexity index is 401. The Morgan fingerprint density at radius 1 is 0.938 bits per heavy atom. The van der Waals surface area contributed by atoms with Gasteiger partial charge in [0.15, 0.2) is 17.8 Å². The lowest BCUT2D eigenvalue weighted by molar-refractivity contribution is -0.0448. The Morgan fingerprint density at radius 2 is 1.56 bits per heavy atom. The lowest BCUT2D eigenvalue weighted by Crippen LogP contribution is -2.16. The Labute approximate surface area is 102 Å². The van der Waals surface area contributed by atoms with Crippen molar-refractivity contribution in [3.8, 4) is 11.5 Å². The van der Waals surface area contributed by atoms with Crippen molar-refractivity contribution in [3.05, 3.63) is 22.2 Å². The van der Waals surface area contributed by atoms with Crippen molar-refractivity contribution in [1.82, 2.24) is 0 Å². The van der Waals surface area contributed by atoms with Gasteiger partial charge >= 0.3 is 0 Å². The van der Waals surface area contributed by atoms with Gasteiger partial charge in [0.2, 0.25) is 0 Å². The molecule has 0 aliphatic carbocycles. The molecule has 2 aliphatic rings. The summed E-state index contributed by atoms with van der Waals surface area (Å²) < 4.78 is 22.9. The lowest BCUT2D eigenvalue weighted by Gasteiger charge is -2.21. The van der Waals surface area contributed by atoms with E-state index in [-0.39, 0.29) is 6.29 Å². The van der Waals surface area contributed by atoms with Crippen LogP contribution < -0.4 is 9.47 Å². The minimum Gasteiger partial charge on any atom is -0.486 e. The number of hydrogen-bond acceptors (Lipinski definition) is 4. The molecule has 0 saturated carbocycles. The molecule has 0 bridgehead atoms. The average molecular weight is 287 g/mol. The predicted octanol–water partition coefficient (Wildman–Crippen LogP) is 2.27. The Hall–Kier alpha value is -0.780. The van der Waals surface area contributed by atoms with Crippen LogP contribution in [0.15, 0.2) is 16.6 Å². The Kier molecular flexibility index (Phi) is 2.75. The van der Waals surface area contributed by atoms with E-state index in [0.717, 1.165) is 21.5 Å². The molecule has 0 unspecified atom stereocenters. The fourth-order valence-corrected chi connectivity index (χ4v) is 2.31. The summed E-state index contributed by atoms with van der Waals surface area (Å²) in [4.78, 5) is 0. The second-order valence-corrected chi connectivity index (χ2v) is 4.45. The molecule has 86 valence electrons. The van der Waals surface area contributed by atoms with Gasteiger partial charge < -0.3 is 18.9 Å². The largest absolute Gasteiger partial charge is 0.486 e. The van der Waals surface area contributed by atoms with Crippen LogP contribution in [-0.2, 0) is 9.47 Å². The summed E-state index contributed by atoms with van der Waals surface area (Å²) in [5.74, 6) is 1.52. The van der Waals surface area contributed by atoms with Gasteiger partial charge in [-0.25, -0.2) is 0 Å². The van der Waals surface area contributed by atoms with Crippen molar-refractivity contribution >= 4 is 15.9 Å². The van der Waals surface area contributed by atoms with E-state index in [1.807, 2.05) is 12.1 Å². The van der Waals surface area contributed by atoms with Gasteiger partial charge in [0.1, 0.15) is 13.2 Å². The summed E-state index contributed by atoms with van der Waals surface area (Å²) in [5, 5.41) is 0. The quantitative estimate of drug-likeness (QED) is 0.794. The summed E-state index contributed by atoms with van der Waals surface area (Å²) in [6.45, 7) is 2.44. The predicted molar refractivity (Wildman–Crippen MR) is 59.8 cm³/mol. The molecule has 5 heteroatoms. The van der Waals surface area contributed by atoms with E-state index >= 15 is 0 Å². The highest BCUT2D eigenvalue weighted by molar-refractivity contribution is 9.10.